The Morgan fingerprint density at radius 2 is 2.15 bits per heavy atom. The maximum atomic E-state index is 3.52. The summed E-state index contributed by atoms with van der Waals surface area (Å²) in [6.45, 7) is 2.36. The second-order valence-electron chi connectivity index (χ2n) is 4.17. The topological polar surface area (TPSA) is 0 Å². The average Bonchev–Trinajstić information content (AvgIpc) is 2.52. The van der Waals surface area contributed by atoms with Gasteiger partial charge in [-0.15, -0.1) is 0 Å². The van der Waals surface area contributed by atoms with Crippen molar-refractivity contribution < 1.29 is 0 Å². The molecule has 1 aromatic carbocycles. The summed E-state index contributed by atoms with van der Waals surface area (Å²) >= 11 is 3.52. The van der Waals surface area contributed by atoms with E-state index in [4.69, 9.17) is 0 Å². The van der Waals surface area contributed by atoms with Gasteiger partial charge in [0, 0.05) is 4.47 Å². The molecule has 70 valence electrons. The molecule has 0 amide bonds. The highest BCUT2D eigenvalue weighted by molar-refractivity contribution is 9.10. The van der Waals surface area contributed by atoms with E-state index < -0.39 is 0 Å². The van der Waals surface area contributed by atoms with Gasteiger partial charge in [0.15, 0.2) is 0 Å². The Labute approximate surface area is 88.5 Å². The van der Waals surface area contributed by atoms with Crippen LogP contribution >= 0.6 is 15.9 Å². The van der Waals surface area contributed by atoms with E-state index in [1.165, 1.54) is 29.3 Å². The normalized spacial score (nSPS) is 27.8. The summed E-state index contributed by atoms with van der Waals surface area (Å²) in [6.07, 6.45) is 4.14. The van der Waals surface area contributed by atoms with Crippen LogP contribution in [-0.2, 0) is 0 Å². The van der Waals surface area contributed by atoms with Gasteiger partial charge in [-0.25, -0.2) is 0 Å². The van der Waals surface area contributed by atoms with E-state index in [0.717, 1.165) is 11.8 Å². The number of hydrogen-bond acceptors (Lipinski definition) is 0. The summed E-state index contributed by atoms with van der Waals surface area (Å²) in [4.78, 5) is 0. The van der Waals surface area contributed by atoms with Crippen LogP contribution in [0.4, 0.5) is 0 Å². The molecule has 0 N–H and O–H groups in total. The van der Waals surface area contributed by atoms with Crippen LogP contribution in [0.3, 0.4) is 0 Å². The van der Waals surface area contributed by atoms with Gasteiger partial charge in [-0.2, -0.15) is 0 Å². The molecule has 1 aromatic rings. The van der Waals surface area contributed by atoms with E-state index in [2.05, 4.69) is 47.1 Å². The molecule has 0 spiro atoms. The van der Waals surface area contributed by atoms with E-state index in [1.54, 1.807) is 0 Å². The van der Waals surface area contributed by atoms with Gasteiger partial charge in [-0.1, -0.05) is 41.4 Å². The molecule has 1 saturated carbocycles. The molecular weight excluding hydrogens is 224 g/mol. The molecule has 1 heteroatoms. The van der Waals surface area contributed by atoms with E-state index in [9.17, 15) is 0 Å². The molecule has 0 bridgehead atoms. The van der Waals surface area contributed by atoms with E-state index in [-0.39, 0.29) is 0 Å². The Kier molecular flexibility index (Phi) is 2.73. The quantitative estimate of drug-likeness (QED) is 0.683. The molecule has 2 rings (SSSR count). The third-order valence-corrected chi connectivity index (χ3v) is 3.51. The number of benzene rings is 1. The third kappa shape index (κ3) is 2.14. The second-order valence-corrected chi connectivity index (χ2v) is 5.09. The highest BCUT2D eigenvalue weighted by atomic mass is 79.9. The van der Waals surface area contributed by atoms with Gasteiger partial charge < -0.3 is 0 Å². The van der Waals surface area contributed by atoms with Crippen LogP contribution in [0.2, 0.25) is 0 Å². The lowest BCUT2D eigenvalue weighted by atomic mass is 9.97. The van der Waals surface area contributed by atoms with Gasteiger partial charge >= 0.3 is 0 Å². The minimum Gasteiger partial charge on any atom is -0.0625 e. The zero-order chi connectivity index (χ0) is 9.26. The van der Waals surface area contributed by atoms with Crippen LogP contribution in [0.25, 0.3) is 0 Å². The van der Waals surface area contributed by atoms with Gasteiger partial charge in [0.25, 0.3) is 0 Å². The summed E-state index contributed by atoms with van der Waals surface area (Å²) < 4.78 is 1.21. The first kappa shape index (κ1) is 9.26. The van der Waals surface area contributed by atoms with E-state index in [1.807, 2.05) is 0 Å². The molecule has 0 radical (unpaired) electrons. The van der Waals surface area contributed by atoms with Gasteiger partial charge in [-0.3, -0.25) is 0 Å². The molecule has 0 nitrogen and oxygen atoms in total. The van der Waals surface area contributed by atoms with Gasteiger partial charge in [0.05, 0.1) is 0 Å². The van der Waals surface area contributed by atoms with E-state index >= 15 is 0 Å². The van der Waals surface area contributed by atoms with Crippen molar-refractivity contribution in [2.75, 3.05) is 0 Å². The first-order chi connectivity index (χ1) is 6.25. The maximum absolute atomic E-state index is 3.52. The van der Waals surface area contributed by atoms with Crippen LogP contribution in [0.15, 0.2) is 28.7 Å². The van der Waals surface area contributed by atoms with Gasteiger partial charge in [0.1, 0.15) is 0 Å². The minimum absolute atomic E-state index is 0.812. The third-order valence-electron chi connectivity index (χ3n) is 3.01. The average molecular weight is 239 g/mol. The van der Waals surface area contributed by atoms with Crippen molar-refractivity contribution in [2.24, 2.45) is 5.92 Å². The fourth-order valence-corrected chi connectivity index (χ4v) is 2.69. The molecule has 0 heterocycles. The maximum Gasteiger partial charge on any atom is 0.0178 e. The standard InChI is InChI=1S/C12H15Br/c1-9-5-6-11(7-9)10-3-2-4-12(13)8-10/h2-4,8-9,11H,5-7H2,1H3/t9?,11-/m0/s1. The predicted octanol–water partition coefficient (Wildman–Crippen LogP) is 4.35. The van der Waals surface area contributed by atoms with Crippen LogP contribution in [0, 0.1) is 5.92 Å². The monoisotopic (exact) mass is 238 g/mol. The number of rotatable bonds is 1. The Hall–Kier alpha value is -0.300. The van der Waals surface area contributed by atoms with Crippen LogP contribution < -0.4 is 0 Å². The van der Waals surface area contributed by atoms with Crippen molar-refractivity contribution in [1.29, 1.82) is 0 Å². The fraction of sp³-hybridized carbons (Fsp3) is 0.500. The largest absolute Gasteiger partial charge is 0.0625 e. The fourth-order valence-electron chi connectivity index (χ4n) is 2.27. The van der Waals surface area contributed by atoms with Gasteiger partial charge in [0.2, 0.25) is 0 Å². The molecule has 1 fully saturated rings. The van der Waals surface area contributed by atoms with Crippen LogP contribution in [0.5, 0.6) is 0 Å². The van der Waals surface area contributed by atoms with Crippen molar-refractivity contribution in [2.45, 2.75) is 32.1 Å². The summed E-state index contributed by atoms with van der Waals surface area (Å²) in [5.74, 6) is 1.73. The second kappa shape index (κ2) is 3.83. The summed E-state index contributed by atoms with van der Waals surface area (Å²) in [5.41, 5.74) is 1.51. The number of hydrogen-bond donors (Lipinski definition) is 0. The SMILES string of the molecule is CC1CC[C@H](c2cccc(Br)c2)C1. The van der Waals surface area contributed by atoms with Crippen molar-refractivity contribution in [3.63, 3.8) is 0 Å². The van der Waals surface area contributed by atoms with Crippen molar-refractivity contribution >= 4 is 15.9 Å². The molecule has 2 atom stereocenters. The minimum atomic E-state index is 0.812. The highest BCUT2D eigenvalue weighted by Gasteiger charge is 2.22. The Balaban J connectivity index is 2.16. The molecule has 1 aliphatic carbocycles. The summed E-state index contributed by atoms with van der Waals surface area (Å²) in [5, 5.41) is 0. The number of halogens is 1. The molecule has 0 aliphatic heterocycles. The van der Waals surface area contributed by atoms with Crippen molar-refractivity contribution in [1.82, 2.24) is 0 Å². The lowest BCUT2D eigenvalue weighted by Gasteiger charge is -2.09. The molecule has 0 saturated heterocycles. The Bertz CT molecular complexity index is 293. The lowest BCUT2D eigenvalue weighted by Crippen LogP contribution is -1.92. The molecule has 1 unspecified atom stereocenters. The smallest absolute Gasteiger partial charge is 0.0178 e. The van der Waals surface area contributed by atoms with Gasteiger partial charge in [-0.05, 0) is 42.4 Å². The Morgan fingerprint density at radius 3 is 2.77 bits per heavy atom. The van der Waals surface area contributed by atoms with Crippen molar-refractivity contribution in [3.05, 3.63) is 34.3 Å². The summed E-state index contributed by atoms with van der Waals surface area (Å²) in [7, 11) is 0. The zero-order valence-electron chi connectivity index (χ0n) is 7.96. The first-order valence-corrected chi connectivity index (χ1v) is 5.80. The predicted molar refractivity (Wildman–Crippen MR) is 59.9 cm³/mol. The van der Waals surface area contributed by atoms with Crippen LogP contribution in [0.1, 0.15) is 37.7 Å². The highest BCUT2D eigenvalue weighted by Crippen LogP contribution is 2.38. The Morgan fingerprint density at radius 1 is 1.31 bits per heavy atom. The summed E-state index contributed by atoms with van der Waals surface area (Å²) in [6, 6.07) is 8.76. The lowest BCUT2D eigenvalue weighted by molar-refractivity contribution is 0.596. The first-order valence-electron chi connectivity index (χ1n) is 5.01. The molecule has 0 aromatic heterocycles. The molecular formula is C12H15Br. The zero-order valence-corrected chi connectivity index (χ0v) is 9.55. The van der Waals surface area contributed by atoms with Crippen molar-refractivity contribution in [3.8, 4) is 0 Å². The van der Waals surface area contributed by atoms with Crippen LogP contribution in [-0.4, -0.2) is 0 Å². The molecule has 1 aliphatic rings. The van der Waals surface area contributed by atoms with E-state index in [0.29, 0.717) is 0 Å². The molecule has 13 heavy (non-hydrogen) atoms.